The maximum Gasteiger partial charge on any atom is 0.305 e. The van der Waals surface area contributed by atoms with Crippen LogP contribution in [0.25, 0.3) is 0 Å². The van der Waals surface area contributed by atoms with Crippen LogP contribution in [0.15, 0.2) is 60.7 Å². The van der Waals surface area contributed by atoms with E-state index in [4.69, 9.17) is 18.9 Å². The Hall–Kier alpha value is -2.25. The van der Waals surface area contributed by atoms with Crippen LogP contribution in [0.1, 0.15) is 37.3 Å². The van der Waals surface area contributed by atoms with E-state index in [1.165, 1.54) is 0 Å². The van der Waals surface area contributed by atoms with E-state index in [1.807, 2.05) is 67.6 Å². The van der Waals surface area contributed by atoms with Gasteiger partial charge in [0.05, 0.1) is 19.3 Å². The van der Waals surface area contributed by atoms with Crippen LogP contribution in [0.2, 0.25) is 0 Å². The van der Waals surface area contributed by atoms with Crippen LogP contribution in [0.5, 0.6) is 0 Å². The van der Waals surface area contributed by atoms with Crippen molar-refractivity contribution >= 4 is 5.97 Å². The number of esters is 1. The van der Waals surface area contributed by atoms with Crippen molar-refractivity contribution in [3.05, 3.63) is 71.8 Å². The zero-order valence-electron chi connectivity index (χ0n) is 17.3. The van der Waals surface area contributed by atoms with Crippen LogP contribution in [-0.2, 0) is 37.0 Å². The highest BCUT2D eigenvalue weighted by molar-refractivity contribution is 5.69. The van der Waals surface area contributed by atoms with Gasteiger partial charge in [0, 0.05) is 12.8 Å². The van der Waals surface area contributed by atoms with E-state index in [2.05, 4.69) is 0 Å². The molecule has 4 atom stereocenters. The molecule has 1 N–H and O–H groups in total. The molecule has 1 aliphatic heterocycles. The van der Waals surface area contributed by atoms with E-state index in [0.717, 1.165) is 11.1 Å². The van der Waals surface area contributed by atoms with Gasteiger partial charge in [-0.15, -0.1) is 0 Å². The van der Waals surface area contributed by atoms with Gasteiger partial charge in [0.25, 0.3) is 0 Å². The molecule has 0 bridgehead atoms. The highest BCUT2D eigenvalue weighted by Gasteiger charge is 2.40. The van der Waals surface area contributed by atoms with Crippen molar-refractivity contribution in [3.8, 4) is 0 Å². The molecule has 2 aromatic carbocycles. The number of hydrogen-bond donors (Lipinski definition) is 1. The Morgan fingerprint density at radius 2 is 1.60 bits per heavy atom. The Labute approximate surface area is 177 Å². The molecule has 1 saturated heterocycles. The summed E-state index contributed by atoms with van der Waals surface area (Å²) in [6.45, 7) is 2.70. The largest absolute Gasteiger partial charge is 0.463 e. The number of ether oxygens (including phenoxy) is 4. The normalized spacial score (nSPS) is 23.8. The third kappa shape index (κ3) is 6.92. The third-order valence-electron chi connectivity index (χ3n) is 4.95. The second kappa shape index (κ2) is 11.8. The van der Waals surface area contributed by atoms with Gasteiger partial charge in [0.2, 0.25) is 0 Å². The van der Waals surface area contributed by atoms with E-state index in [1.54, 1.807) is 0 Å². The van der Waals surface area contributed by atoms with Crippen LogP contribution in [0.3, 0.4) is 0 Å². The molecule has 0 aromatic heterocycles. The van der Waals surface area contributed by atoms with E-state index >= 15 is 0 Å². The third-order valence-corrected chi connectivity index (χ3v) is 4.95. The summed E-state index contributed by atoms with van der Waals surface area (Å²) in [5.74, 6) is -0.287. The lowest BCUT2D eigenvalue weighted by Crippen LogP contribution is -2.52. The summed E-state index contributed by atoms with van der Waals surface area (Å²) < 4.78 is 23.3. The summed E-state index contributed by atoms with van der Waals surface area (Å²) in [5, 5.41) is 10.2. The molecule has 30 heavy (non-hydrogen) atoms. The first-order valence-corrected chi connectivity index (χ1v) is 10.5. The average molecular weight is 414 g/mol. The Bertz CT molecular complexity index is 751. The van der Waals surface area contributed by atoms with Crippen molar-refractivity contribution in [1.29, 1.82) is 0 Å². The van der Waals surface area contributed by atoms with E-state index in [0.29, 0.717) is 26.1 Å². The summed E-state index contributed by atoms with van der Waals surface area (Å²) in [6, 6.07) is 19.6. The van der Waals surface area contributed by atoms with Gasteiger partial charge in [-0.3, -0.25) is 4.79 Å². The zero-order valence-corrected chi connectivity index (χ0v) is 17.3. The molecule has 1 unspecified atom stereocenters. The first kappa shape index (κ1) is 22.4. The molecule has 0 radical (unpaired) electrons. The van der Waals surface area contributed by atoms with Gasteiger partial charge >= 0.3 is 5.97 Å². The van der Waals surface area contributed by atoms with Gasteiger partial charge in [-0.05, 0) is 17.5 Å². The molecule has 3 rings (SSSR count). The van der Waals surface area contributed by atoms with Crippen LogP contribution in [-0.4, -0.2) is 42.3 Å². The lowest BCUT2D eigenvalue weighted by Gasteiger charge is -2.39. The van der Waals surface area contributed by atoms with Crippen molar-refractivity contribution in [2.75, 3.05) is 6.61 Å². The number of aliphatic hydroxyl groups is 1. The molecule has 0 amide bonds. The SMILES string of the molecule is CCCC(=O)OC[C@H]1OC(O)C[C@@H](OCc2ccccc2)[C@@H]1OCc1ccccc1. The second-order valence-electron chi connectivity index (χ2n) is 7.39. The lowest BCUT2D eigenvalue weighted by molar-refractivity contribution is -0.263. The van der Waals surface area contributed by atoms with Crippen LogP contribution >= 0.6 is 0 Å². The molecule has 2 aromatic rings. The highest BCUT2D eigenvalue weighted by atomic mass is 16.7. The van der Waals surface area contributed by atoms with Gasteiger partial charge in [-0.25, -0.2) is 0 Å². The van der Waals surface area contributed by atoms with Crippen molar-refractivity contribution in [2.45, 2.75) is 64.0 Å². The standard InChI is InChI=1S/C24H30O6/c1-2-9-22(25)28-17-21-24(29-16-19-12-7-4-8-13-19)20(14-23(26)30-21)27-15-18-10-5-3-6-11-18/h3-8,10-13,20-21,23-24,26H,2,9,14-17H2,1H3/t20-,21-,23?,24+/m1/s1. The zero-order chi connectivity index (χ0) is 21.2. The molecule has 6 nitrogen and oxygen atoms in total. The summed E-state index contributed by atoms with van der Waals surface area (Å²) in [7, 11) is 0. The minimum Gasteiger partial charge on any atom is -0.463 e. The minimum atomic E-state index is -1.00. The topological polar surface area (TPSA) is 74.2 Å². The summed E-state index contributed by atoms with van der Waals surface area (Å²) in [6.07, 6.45) is -1.15. The quantitative estimate of drug-likeness (QED) is 0.599. The molecule has 0 aliphatic carbocycles. The van der Waals surface area contributed by atoms with Crippen LogP contribution in [0, 0.1) is 0 Å². The summed E-state index contributed by atoms with van der Waals surface area (Å²) >= 11 is 0. The number of hydrogen-bond acceptors (Lipinski definition) is 6. The molecule has 1 fully saturated rings. The Morgan fingerprint density at radius 3 is 2.20 bits per heavy atom. The Morgan fingerprint density at radius 1 is 1.00 bits per heavy atom. The minimum absolute atomic E-state index is 0.0144. The van der Waals surface area contributed by atoms with Crippen LogP contribution < -0.4 is 0 Å². The second-order valence-corrected chi connectivity index (χ2v) is 7.39. The van der Waals surface area contributed by atoms with Crippen LogP contribution in [0.4, 0.5) is 0 Å². The predicted octanol–water partition coefficient (Wildman–Crippen LogP) is 3.61. The van der Waals surface area contributed by atoms with Gasteiger partial charge in [0.15, 0.2) is 6.29 Å². The first-order valence-electron chi connectivity index (χ1n) is 10.5. The molecule has 1 aliphatic rings. The van der Waals surface area contributed by atoms with E-state index in [-0.39, 0.29) is 19.0 Å². The number of carbonyl (C=O) groups excluding carboxylic acids is 1. The lowest BCUT2D eigenvalue weighted by atomic mass is 10.0. The van der Waals surface area contributed by atoms with Gasteiger partial charge in [-0.1, -0.05) is 67.6 Å². The molecular formula is C24H30O6. The fourth-order valence-electron chi connectivity index (χ4n) is 3.41. The van der Waals surface area contributed by atoms with Crippen molar-refractivity contribution in [1.82, 2.24) is 0 Å². The maximum absolute atomic E-state index is 11.8. The average Bonchev–Trinajstić information content (AvgIpc) is 2.77. The Kier molecular flexibility index (Phi) is 8.83. The number of benzene rings is 2. The smallest absolute Gasteiger partial charge is 0.305 e. The fraction of sp³-hybridized carbons (Fsp3) is 0.458. The van der Waals surface area contributed by atoms with Crippen molar-refractivity contribution in [2.24, 2.45) is 0 Å². The molecule has 162 valence electrons. The van der Waals surface area contributed by atoms with E-state index in [9.17, 15) is 9.90 Å². The Balaban J connectivity index is 1.68. The molecule has 0 saturated carbocycles. The predicted molar refractivity (Wildman–Crippen MR) is 111 cm³/mol. The fourth-order valence-corrected chi connectivity index (χ4v) is 3.41. The molecular weight excluding hydrogens is 384 g/mol. The molecule has 6 heteroatoms. The highest BCUT2D eigenvalue weighted by Crippen LogP contribution is 2.26. The van der Waals surface area contributed by atoms with Crippen molar-refractivity contribution in [3.63, 3.8) is 0 Å². The van der Waals surface area contributed by atoms with E-state index < -0.39 is 24.6 Å². The maximum atomic E-state index is 11.8. The number of carbonyl (C=O) groups is 1. The molecule has 0 spiro atoms. The van der Waals surface area contributed by atoms with Crippen molar-refractivity contribution < 1.29 is 28.8 Å². The summed E-state index contributed by atoms with van der Waals surface area (Å²) in [4.78, 5) is 11.8. The summed E-state index contributed by atoms with van der Waals surface area (Å²) in [5.41, 5.74) is 2.05. The first-order chi connectivity index (χ1) is 14.7. The van der Waals surface area contributed by atoms with Gasteiger partial charge in [-0.2, -0.15) is 0 Å². The number of rotatable bonds is 10. The van der Waals surface area contributed by atoms with Gasteiger partial charge in [0.1, 0.15) is 18.8 Å². The molecule has 1 heterocycles. The monoisotopic (exact) mass is 414 g/mol. The van der Waals surface area contributed by atoms with Gasteiger partial charge < -0.3 is 24.1 Å². The number of aliphatic hydroxyl groups excluding tert-OH is 1.